The molecule has 0 bridgehead atoms. The highest BCUT2D eigenvalue weighted by molar-refractivity contribution is 5.83. The van der Waals surface area contributed by atoms with E-state index in [4.69, 9.17) is 4.98 Å². The SMILES string of the molecule is Cc1cc(N2CCN(C)CC2)cc2[nH]c(CCc3ccccc3)nc12. The van der Waals surface area contributed by atoms with E-state index >= 15 is 0 Å². The third kappa shape index (κ3) is 3.54. The highest BCUT2D eigenvalue weighted by Crippen LogP contribution is 2.25. The molecule has 0 radical (unpaired) electrons. The Labute approximate surface area is 149 Å². The van der Waals surface area contributed by atoms with Crippen LogP contribution in [-0.2, 0) is 12.8 Å². The summed E-state index contributed by atoms with van der Waals surface area (Å²) in [6.07, 6.45) is 1.97. The molecule has 1 fully saturated rings. The van der Waals surface area contributed by atoms with E-state index in [-0.39, 0.29) is 0 Å². The van der Waals surface area contributed by atoms with Gasteiger partial charge in [-0.2, -0.15) is 0 Å². The second kappa shape index (κ2) is 6.89. The fraction of sp³-hybridized carbons (Fsp3) is 0.381. The predicted octanol–water partition coefficient (Wildman–Crippen LogP) is 3.41. The van der Waals surface area contributed by atoms with Gasteiger partial charge in [-0.05, 0) is 43.7 Å². The molecule has 1 aliphatic rings. The monoisotopic (exact) mass is 334 g/mol. The van der Waals surface area contributed by atoms with Gasteiger partial charge in [-0.15, -0.1) is 0 Å². The fourth-order valence-electron chi connectivity index (χ4n) is 3.60. The second-order valence-electron chi connectivity index (χ2n) is 7.12. The Balaban J connectivity index is 1.54. The van der Waals surface area contributed by atoms with Crippen LogP contribution >= 0.6 is 0 Å². The number of nitrogens with one attached hydrogen (secondary N) is 1. The summed E-state index contributed by atoms with van der Waals surface area (Å²) in [6, 6.07) is 15.2. The van der Waals surface area contributed by atoms with Gasteiger partial charge in [0.05, 0.1) is 11.0 Å². The van der Waals surface area contributed by atoms with E-state index in [0.29, 0.717) is 0 Å². The maximum absolute atomic E-state index is 4.84. The molecule has 0 spiro atoms. The van der Waals surface area contributed by atoms with E-state index in [1.54, 1.807) is 0 Å². The van der Waals surface area contributed by atoms with Gasteiger partial charge in [-0.3, -0.25) is 0 Å². The molecule has 1 aromatic heterocycles. The van der Waals surface area contributed by atoms with E-state index in [2.05, 4.69) is 71.2 Å². The van der Waals surface area contributed by atoms with Crippen LogP contribution in [-0.4, -0.2) is 48.1 Å². The molecule has 0 unspecified atom stereocenters. The van der Waals surface area contributed by atoms with Gasteiger partial charge in [0.15, 0.2) is 0 Å². The van der Waals surface area contributed by atoms with E-state index in [1.165, 1.54) is 16.8 Å². The van der Waals surface area contributed by atoms with E-state index in [1.807, 2.05) is 0 Å². The van der Waals surface area contributed by atoms with Crippen molar-refractivity contribution in [1.82, 2.24) is 14.9 Å². The zero-order valence-corrected chi connectivity index (χ0v) is 15.1. The average Bonchev–Trinajstić information content (AvgIpc) is 3.05. The minimum absolute atomic E-state index is 0.946. The van der Waals surface area contributed by atoms with Crippen molar-refractivity contribution in [2.24, 2.45) is 0 Å². The number of fused-ring (bicyclic) bond motifs is 1. The van der Waals surface area contributed by atoms with Gasteiger partial charge in [0, 0.05) is 38.3 Å². The van der Waals surface area contributed by atoms with Crippen LogP contribution in [0.2, 0.25) is 0 Å². The number of hydrogen-bond donors (Lipinski definition) is 1. The van der Waals surface area contributed by atoms with Crippen LogP contribution in [0.5, 0.6) is 0 Å². The van der Waals surface area contributed by atoms with Crippen LogP contribution in [0, 0.1) is 6.92 Å². The van der Waals surface area contributed by atoms with Gasteiger partial charge in [0.2, 0.25) is 0 Å². The molecule has 0 atom stereocenters. The molecule has 3 aromatic rings. The van der Waals surface area contributed by atoms with Crippen molar-refractivity contribution in [3.05, 3.63) is 59.4 Å². The smallest absolute Gasteiger partial charge is 0.107 e. The number of nitrogens with zero attached hydrogens (tertiary/aromatic N) is 3. The number of benzene rings is 2. The molecule has 2 heterocycles. The molecule has 0 saturated carbocycles. The van der Waals surface area contributed by atoms with E-state index in [9.17, 15) is 0 Å². The van der Waals surface area contributed by atoms with Crippen LogP contribution < -0.4 is 4.90 Å². The topological polar surface area (TPSA) is 35.2 Å². The summed E-state index contributed by atoms with van der Waals surface area (Å²) in [5, 5.41) is 0. The Hall–Kier alpha value is -2.33. The molecule has 25 heavy (non-hydrogen) atoms. The maximum atomic E-state index is 4.84. The third-order valence-electron chi connectivity index (χ3n) is 5.17. The lowest BCUT2D eigenvalue weighted by atomic mass is 10.1. The molecule has 2 aromatic carbocycles. The molecule has 0 aliphatic carbocycles. The Morgan fingerprint density at radius 1 is 1.00 bits per heavy atom. The molecule has 130 valence electrons. The largest absolute Gasteiger partial charge is 0.369 e. The zero-order valence-electron chi connectivity index (χ0n) is 15.1. The first kappa shape index (κ1) is 16.2. The molecule has 0 amide bonds. The first-order chi connectivity index (χ1) is 12.2. The molecule has 1 N–H and O–H groups in total. The molecule has 1 aliphatic heterocycles. The number of anilines is 1. The third-order valence-corrected chi connectivity index (χ3v) is 5.17. The minimum Gasteiger partial charge on any atom is -0.369 e. The molecule has 4 heteroatoms. The van der Waals surface area contributed by atoms with Crippen LogP contribution in [0.4, 0.5) is 5.69 Å². The van der Waals surface area contributed by atoms with Crippen molar-refractivity contribution in [2.75, 3.05) is 38.1 Å². The molecule has 4 nitrogen and oxygen atoms in total. The second-order valence-corrected chi connectivity index (χ2v) is 7.12. The average molecular weight is 334 g/mol. The Bertz CT molecular complexity index is 845. The first-order valence-corrected chi connectivity index (χ1v) is 9.16. The number of piperazine rings is 1. The summed E-state index contributed by atoms with van der Waals surface area (Å²) in [7, 11) is 2.19. The molecular formula is C21H26N4. The van der Waals surface area contributed by atoms with Crippen molar-refractivity contribution < 1.29 is 0 Å². The number of likely N-dealkylation sites (N-methyl/N-ethyl adjacent to an activating group) is 1. The number of H-pyrrole nitrogens is 1. The van der Waals surface area contributed by atoms with Crippen molar-refractivity contribution in [3.63, 3.8) is 0 Å². The number of aromatic amines is 1. The van der Waals surface area contributed by atoms with Crippen molar-refractivity contribution >= 4 is 16.7 Å². The summed E-state index contributed by atoms with van der Waals surface area (Å²) in [6.45, 7) is 6.61. The lowest BCUT2D eigenvalue weighted by Gasteiger charge is -2.34. The highest BCUT2D eigenvalue weighted by atomic mass is 15.2. The Kier molecular flexibility index (Phi) is 4.45. The van der Waals surface area contributed by atoms with Crippen LogP contribution in [0.15, 0.2) is 42.5 Å². The van der Waals surface area contributed by atoms with Crippen LogP contribution in [0.25, 0.3) is 11.0 Å². The van der Waals surface area contributed by atoms with Gasteiger partial charge in [0.1, 0.15) is 5.82 Å². The van der Waals surface area contributed by atoms with Crippen LogP contribution in [0.3, 0.4) is 0 Å². The van der Waals surface area contributed by atoms with Crippen molar-refractivity contribution in [2.45, 2.75) is 19.8 Å². The lowest BCUT2D eigenvalue weighted by molar-refractivity contribution is 0.313. The van der Waals surface area contributed by atoms with E-state index < -0.39 is 0 Å². The quantitative estimate of drug-likeness (QED) is 0.794. The molecule has 4 rings (SSSR count). The lowest BCUT2D eigenvalue weighted by Crippen LogP contribution is -2.44. The van der Waals surface area contributed by atoms with Crippen LogP contribution in [0.1, 0.15) is 17.0 Å². The first-order valence-electron chi connectivity index (χ1n) is 9.16. The van der Waals surface area contributed by atoms with E-state index in [0.717, 1.165) is 55.9 Å². The van der Waals surface area contributed by atoms with Gasteiger partial charge in [-0.1, -0.05) is 30.3 Å². The van der Waals surface area contributed by atoms with Gasteiger partial charge < -0.3 is 14.8 Å². The summed E-state index contributed by atoms with van der Waals surface area (Å²) in [5.41, 5.74) is 6.21. The van der Waals surface area contributed by atoms with Crippen molar-refractivity contribution in [1.29, 1.82) is 0 Å². The fourth-order valence-corrected chi connectivity index (χ4v) is 3.60. The number of aromatic nitrogens is 2. The van der Waals surface area contributed by atoms with Gasteiger partial charge in [0.25, 0.3) is 0 Å². The number of aryl methyl sites for hydroxylation is 3. The number of hydrogen-bond acceptors (Lipinski definition) is 3. The zero-order chi connectivity index (χ0) is 17.2. The standard InChI is InChI=1S/C21H26N4/c1-16-14-18(25-12-10-24(2)11-13-25)15-19-21(16)23-20(22-19)9-8-17-6-4-3-5-7-17/h3-7,14-15H,8-13H2,1-2H3,(H,22,23). The summed E-state index contributed by atoms with van der Waals surface area (Å²) >= 11 is 0. The molecular weight excluding hydrogens is 308 g/mol. The maximum Gasteiger partial charge on any atom is 0.107 e. The molecule has 1 saturated heterocycles. The predicted molar refractivity (Wildman–Crippen MR) is 104 cm³/mol. The normalized spacial score (nSPS) is 15.8. The Morgan fingerprint density at radius 2 is 1.76 bits per heavy atom. The number of imidazole rings is 1. The summed E-state index contributed by atoms with van der Waals surface area (Å²) in [5.74, 6) is 1.08. The van der Waals surface area contributed by atoms with Gasteiger partial charge >= 0.3 is 0 Å². The number of rotatable bonds is 4. The Morgan fingerprint density at radius 3 is 2.52 bits per heavy atom. The van der Waals surface area contributed by atoms with Crippen molar-refractivity contribution in [3.8, 4) is 0 Å². The summed E-state index contributed by atoms with van der Waals surface area (Å²) in [4.78, 5) is 13.3. The highest BCUT2D eigenvalue weighted by Gasteiger charge is 2.16. The van der Waals surface area contributed by atoms with Gasteiger partial charge in [-0.25, -0.2) is 4.98 Å². The minimum atomic E-state index is 0.946. The summed E-state index contributed by atoms with van der Waals surface area (Å²) < 4.78 is 0.